The molecule has 3 heteroatoms. The topological polar surface area (TPSA) is 3.24 Å². The van der Waals surface area contributed by atoms with Crippen LogP contribution in [0, 0.1) is 11.7 Å². The summed E-state index contributed by atoms with van der Waals surface area (Å²) in [6.45, 7) is 1.09. The zero-order chi connectivity index (χ0) is 13.2. The molecule has 1 heterocycles. The van der Waals surface area contributed by atoms with Crippen LogP contribution in [0.3, 0.4) is 0 Å². The van der Waals surface area contributed by atoms with Gasteiger partial charge in [-0.15, -0.1) is 11.6 Å². The fourth-order valence-corrected chi connectivity index (χ4v) is 4.08. The molecular formula is C16H21ClFN. The van der Waals surface area contributed by atoms with E-state index in [2.05, 4.69) is 4.90 Å². The molecule has 2 unspecified atom stereocenters. The molecule has 2 fully saturated rings. The van der Waals surface area contributed by atoms with Crippen LogP contribution in [0.15, 0.2) is 18.2 Å². The van der Waals surface area contributed by atoms with Gasteiger partial charge in [0.05, 0.1) is 0 Å². The number of fused-ring (bicyclic) bond motifs is 1. The molecule has 19 heavy (non-hydrogen) atoms. The monoisotopic (exact) mass is 281 g/mol. The van der Waals surface area contributed by atoms with Crippen LogP contribution in [0.4, 0.5) is 10.1 Å². The summed E-state index contributed by atoms with van der Waals surface area (Å²) < 4.78 is 13.4. The Hall–Kier alpha value is -0.760. The molecule has 0 bridgehead atoms. The van der Waals surface area contributed by atoms with Crippen molar-refractivity contribution in [1.82, 2.24) is 0 Å². The number of alkyl halides is 1. The summed E-state index contributed by atoms with van der Waals surface area (Å²) in [5.74, 6) is 1.04. The molecule has 0 spiro atoms. The summed E-state index contributed by atoms with van der Waals surface area (Å²) in [5.41, 5.74) is 2.10. The summed E-state index contributed by atoms with van der Waals surface area (Å²) in [4.78, 5) is 2.50. The van der Waals surface area contributed by atoms with Crippen molar-refractivity contribution < 1.29 is 4.39 Å². The lowest BCUT2D eigenvalue weighted by atomic mass is 9.78. The first-order chi connectivity index (χ1) is 9.29. The van der Waals surface area contributed by atoms with Crippen LogP contribution in [0.25, 0.3) is 0 Å². The van der Waals surface area contributed by atoms with Gasteiger partial charge in [0.1, 0.15) is 5.82 Å². The largest absolute Gasteiger partial charge is 0.368 e. The zero-order valence-electron chi connectivity index (χ0n) is 11.2. The van der Waals surface area contributed by atoms with Crippen molar-refractivity contribution in [3.8, 4) is 0 Å². The molecule has 1 aliphatic carbocycles. The number of hydrogen-bond donors (Lipinski definition) is 0. The van der Waals surface area contributed by atoms with Gasteiger partial charge in [-0.05, 0) is 55.4 Å². The number of halogens is 2. The second-order valence-electron chi connectivity index (χ2n) is 5.85. The van der Waals surface area contributed by atoms with Gasteiger partial charge in [0.15, 0.2) is 0 Å². The average Bonchev–Trinajstić information content (AvgIpc) is 2.46. The molecule has 0 amide bonds. The molecule has 3 rings (SSSR count). The van der Waals surface area contributed by atoms with E-state index in [1.807, 2.05) is 6.07 Å². The smallest absolute Gasteiger partial charge is 0.123 e. The van der Waals surface area contributed by atoms with Crippen LogP contribution in [-0.2, 0) is 5.88 Å². The lowest BCUT2D eigenvalue weighted by molar-refractivity contribution is 0.243. The van der Waals surface area contributed by atoms with Gasteiger partial charge in [-0.25, -0.2) is 4.39 Å². The second-order valence-corrected chi connectivity index (χ2v) is 6.12. The first-order valence-corrected chi connectivity index (χ1v) is 7.94. The normalized spacial score (nSPS) is 27.2. The molecule has 1 nitrogen and oxygen atoms in total. The lowest BCUT2D eigenvalue weighted by Crippen LogP contribution is -2.47. The van der Waals surface area contributed by atoms with Gasteiger partial charge in [-0.2, -0.15) is 0 Å². The quantitative estimate of drug-likeness (QED) is 0.709. The fraction of sp³-hybridized carbons (Fsp3) is 0.625. The number of hydrogen-bond acceptors (Lipinski definition) is 1. The Morgan fingerprint density at radius 1 is 1.16 bits per heavy atom. The van der Waals surface area contributed by atoms with Gasteiger partial charge < -0.3 is 4.90 Å². The summed E-state index contributed by atoms with van der Waals surface area (Å²) >= 11 is 6.01. The van der Waals surface area contributed by atoms with E-state index in [-0.39, 0.29) is 5.82 Å². The van der Waals surface area contributed by atoms with Crippen LogP contribution in [0.5, 0.6) is 0 Å². The van der Waals surface area contributed by atoms with Crippen LogP contribution in [0.1, 0.15) is 44.1 Å². The van der Waals surface area contributed by atoms with E-state index in [4.69, 9.17) is 11.6 Å². The van der Waals surface area contributed by atoms with Crippen LogP contribution >= 0.6 is 11.6 Å². The van der Waals surface area contributed by atoms with Crippen molar-refractivity contribution in [3.63, 3.8) is 0 Å². The van der Waals surface area contributed by atoms with Crippen molar-refractivity contribution in [2.75, 3.05) is 11.4 Å². The van der Waals surface area contributed by atoms with Crippen LogP contribution in [-0.4, -0.2) is 12.6 Å². The van der Waals surface area contributed by atoms with Gasteiger partial charge in [-0.3, -0.25) is 0 Å². The fourth-order valence-electron chi connectivity index (χ4n) is 3.87. The summed E-state index contributed by atoms with van der Waals surface area (Å²) in [7, 11) is 0. The number of nitrogens with zero attached hydrogens (tertiary/aromatic N) is 1. The highest BCUT2D eigenvalue weighted by Crippen LogP contribution is 2.39. The number of anilines is 1. The minimum Gasteiger partial charge on any atom is -0.368 e. The third kappa shape index (κ3) is 2.60. The molecule has 104 valence electrons. The van der Waals surface area contributed by atoms with E-state index in [0.29, 0.717) is 11.9 Å². The minimum absolute atomic E-state index is 0.184. The molecule has 0 radical (unpaired) electrons. The first kappa shape index (κ1) is 13.2. The van der Waals surface area contributed by atoms with Crippen molar-refractivity contribution >= 4 is 17.3 Å². The average molecular weight is 282 g/mol. The van der Waals surface area contributed by atoms with Crippen molar-refractivity contribution in [2.24, 2.45) is 5.92 Å². The van der Waals surface area contributed by atoms with E-state index in [1.54, 1.807) is 12.1 Å². The molecule has 1 saturated heterocycles. The molecular weight excluding hydrogens is 261 g/mol. The van der Waals surface area contributed by atoms with E-state index < -0.39 is 0 Å². The van der Waals surface area contributed by atoms with Gasteiger partial charge >= 0.3 is 0 Å². The van der Waals surface area contributed by atoms with Crippen molar-refractivity contribution in [1.29, 1.82) is 0 Å². The Bertz CT molecular complexity index is 446. The standard InChI is InChI=1S/C16H21ClFN/c17-11-13-10-14(18)7-8-16(13)19-9-3-5-12-4-1-2-6-15(12)19/h7-8,10,12,15H,1-6,9,11H2. The van der Waals surface area contributed by atoms with E-state index in [1.165, 1.54) is 38.5 Å². The highest BCUT2D eigenvalue weighted by atomic mass is 35.5. The summed E-state index contributed by atoms with van der Waals surface area (Å²) in [5, 5.41) is 0. The summed E-state index contributed by atoms with van der Waals surface area (Å²) in [6.07, 6.45) is 7.96. The van der Waals surface area contributed by atoms with Crippen LogP contribution in [0.2, 0.25) is 0 Å². The third-order valence-corrected chi connectivity index (χ3v) is 5.03. The van der Waals surface area contributed by atoms with E-state index in [0.717, 1.165) is 23.7 Å². The van der Waals surface area contributed by atoms with E-state index in [9.17, 15) is 4.39 Å². The molecule has 2 aliphatic rings. The maximum atomic E-state index is 13.4. The minimum atomic E-state index is -0.184. The van der Waals surface area contributed by atoms with Gasteiger partial charge in [0, 0.05) is 24.2 Å². The van der Waals surface area contributed by atoms with Crippen LogP contribution < -0.4 is 4.90 Å². The van der Waals surface area contributed by atoms with E-state index >= 15 is 0 Å². The van der Waals surface area contributed by atoms with Gasteiger partial charge in [0.2, 0.25) is 0 Å². The highest BCUT2D eigenvalue weighted by Gasteiger charge is 2.33. The molecule has 1 aliphatic heterocycles. The summed E-state index contributed by atoms with van der Waals surface area (Å²) in [6, 6.07) is 5.73. The molecule has 2 atom stereocenters. The second kappa shape index (κ2) is 5.70. The Morgan fingerprint density at radius 3 is 2.79 bits per heavy atom. The van der Waals surface area contributed by atoms with Gasteiger partial charge in [-0.1, -0.05) is 12.8 Å². The molecule has 1 aromatic carbocycles. The molecule has 1 saturated carbocycles. The molecule has 0 N–H and O–H groups in total. The third-order valence-electron chi connectivity index (χ3n) is 4.74. The Labute approximate surface area is 119 Å². The Balaban J connectivity index is 1.91. The Morgan fingerprint density at radius 2 is 1.95 bits per heavy atom. The number of piperidine rings is 1. The highest BCUT2D eigenvalue weighted by molar-refractivity contribution is 6.17. The van der Waals surface area contributed by atoms with Gasteiger partial charge in [0.25, 0.3) is 0 Å². The SMILES string of the molecule is Fc1ccc(N2CCCC3CCCCC32)c(CCl)c1. The zero-order valence-corrected chi connectivity index (χ0v) is 12.0. The number of rotatable bonds is 2. The molecule has 1 aromatic rings. The molecule has 0 aromatic heterocycles. The Kier molecular flexibility index (Phi) is 3.97. The van der Waals surface area contributed by atoms with Crippen molar-refractivity contribution in [3.05, 3.63) is 29.6 Å². The maximum Gasteiger partial charge on any atom is 0.123 e. The lowest BCUT2D eigenvalue weighted by Gasteiger charge is -2.46. The van der Waals surface area contributed by atoms with Crippen molar-refractivity contribution in [2.45, 2.75) is 50.4 Å². The predicted octanol–water partition coefficient (Wildman–Crippen LogP) is 4.72. The maximum absolute atomic E-state index is 13.4. The first-order valence-electron chi connectivity index (χ1n) is 7.40. The number of benzene rings is 1. The predicted molar refractivity (Wildman–Crippen MR) is 78.3 cm³/mol.